The number of rotatable bonds is 5. The highest BCUT2D eigenvalue weighted by atomic mass is 19.1. The van der Waals surface area contributed by atoms with Gasteiger partial charge >= 0.3 is 0 Å². The lowest BCUT2D eigenvalue weighted by Gasteiger charge is -2.41. The van der Waals surface area contributed by atoms with Crippen molar-refractivity contribution in [3.8, 4) is 11.1 Å². The van der Waals surface area contributed by atoms with E-state index >= 15 is 0 Å². The summed E-state index contributed by atoms with van der Waals surface area (Å²) in [6.45, 7) is 1.10. The highest BCUT2D eigenvalue weighted by Crippen LogP contribution is 2.38. The Morgan fingerprint density at radius 2 is 1.82 bits per heavy atom. The number of piperidine rings is 1. The molecule has 4 rings (SSSR count). The van der Waals surface area contributed by atoms with Gasteiger partial charge in [0.05, 0.1) is 5.41 Å². The van der Waals surface area contributed by atoms with E-state index in [2.05, 4.69) is 0 Å². The van der Waals surface area contributed by atoms with Crippen LogP contribution in [0.15, 0.2) is 48.5 Å². The molecular weight excluding hydrogens is 355 g/mol. The molecule has 0 unspecified atom stereocenters. The Hall–Kier alpha value is -2.69. The zero-order valence-electron chi connectivity index (χ0n) is 15.9. The minimum absolute atomic E-state index is 0.142. The van der Waals surface area contributed by atoms with Gasteiger partial charge in [-0.05, 0) is 49.3 Å². The quantitative estimate of drug-likeness (QED) is 0.862. The number of nitrogens with zero attached hydrogens (tertiary/aromatic N) is 1. The van der Waals surface area contributed by atoms with Crippen LogP contribution in [-0.2, 0) is 16.0 Å². The molecule has 2 amide bonds. The third-order valence-corrected chi connectivity index (χ3v) is 6.02. The summed E-state index contributed by atoms with van der Waals surface area (Å²) in [6, 6.07) is 14.3. The van der Waals surface area contributed by atoms with Crippen LogP contribution in [0.1, 0.15) is 31.2 Å². The van der Waals surface area contributed by atoms with Crippen LogP contribution in [0.4, 0.5) is 4.39 Å². The largest absolute Gasteiger partial charge is 0.369 e. The molecule has 0 bridgehead atoms. The fourth-order valence-corrected chi connectivity index (χ4v) is 4.23. The monoisotopic (exact) mass is 380 g/mol. The summed E-state index contributed by atoms with van der Waals surface area (Å²) < 4.78 is 14.0. The summed E-state index contributed by atoms with van der Waals surface area (Å²) in [6.07, 6.45) is 3.88. The number of halogens is 1. The fraction of sp³-hybridized carbons (Fsp3) is 0.391. The lowest BCUT2D eigenvalue weighted by atomic mass is 9.74. The van der Waals surface area contributed by atoms with Crippen LogP contribution in [0.25, 0.3) is 11.1 Å². The average Bonchev–Trinajstić information content (AvgIpc) is 3.54. The highest BCUT2D eigenvalue weighted by Gasteiger charge is 2.44. The number of carbonyl (C=O) groups excluding carboxylic acids is 2. The molecule has 146 valence electrons. The molecule has 0 aromatic heterocycles. The SMILES string of the molecule is NC(=O)[C@]1(Cc2ccc(-c3ccccc3F)cc2)CCCN(C(=O)C2CC2)C1. The molecule has 1 aliphatic heterocycles. The van der Waals surface area contributed by atoms with Crippen LogP contribution in [0.5, 0.6) is 0 Å². The van der Waals surface area contributed by atoms with Gasteiger partial charge in [-0.3, -0.25) is 9.59 Å². The Labute approximate surface area is 164 Å². The second-order valence-corrected chi connectivity index (χ2v) is 8.14. The van der Waals surface area contributed by atoms with Crippen LogP contribution < -0.4 is 5.73 Å². The van der Waals surface area contributed by atoms with Gasteiger partial charge in [-0.1, -0.05) is 42.5 Å². The van der Waals surface area contributed by atoms with E-state index in [-0.39, 0.29) is 23.5 Å². The van der Waals surface area contributed by atoms with E-state index in [1.807, 2.05) is 35.2 Å². The fourth-order valence-electron chi connectivity index (χ4n) is 4.23. The lowest BCUT2D eigenvalue weighted by Crippen LogP contribution is -2.53. The molecule has 5 heteroatoms. The average molecular weight is 380 g/mol. The van der Waals surface area contributed by atoms with Crippen molar-refractivity contribution >= 4 is 11.8 Å². The number of benzene rings is 2. The molecular formula is C23H25FN2O2. The summed E-state index contributed by atoms with van der Waals surface area (Å²) >= 11 is 0. The maximum atomic E-state index is 14.0. The highest BCUT2D eigenvalue weighted by molar-refractivity contribution is 5.85. The van der Waals surface area contributed by atoms with Gasteiger partial charge in [-0.25, -0.2) is 4.39 Å². The van der Waals surface area contributed by atoms with E-state index in [0.717, 1.165) is 30.4 Å². The van der Waals surface area contributed by atoms with Crippen molar-refractivity contribution in [1.82, 2.24) is 4.90 Å². The van der Waals surface area contributed by atoms with Gasteiger partial charge in [-0.15, -0.1) is 0 Å². The third kappa shape index (κ3) is 3.66. The van der Waals surface area contributed by atoms with Gasteiger partial charge in [-0.2, -0.15) is 0 Å². The second kappa shape index (κ2) is 7.38. The van der Waals surface area contributed by atoms with E-state index in [4.69, 9.17) is 5.73 Å². The van der Waals surface area contributed by atoms with E-state index in [9.17, 15) is 14.0 Å². The smallest absolute Gasteiger partial charge is 0.225 e. The molecule has 2 aromatic rings. The Bertz CT molecular complexity index is 892. The maximum Gasteiger partial charge on any atom is 0.225 e. The van der Waals surface area contributed by atoms with Gasteiger partial charge in [0.25, 0.3) is 0 Å². The topological polar surface area (TPSA) is 63.4 Å². The van der Waals surface area contributed by atoms with Crippen LogP contribution >= 0.6 is 0 Å². The van der Waals surface area contributed by atoms with Crippen molar-refractivity contribution < 1.29 is 14.0 Å². The van der Waals surface area contributed by atoms with Crippen LogP contribution in [0.2, 0.25) is 0 Å². The molecule has 1 atom stereocenters. The number of carbonyl (C=O) groups is 2. The molecule has 28 heavy (non-hydrogen) atoms. The van der Waals surface area contributed by atoms with Gasteiger partial charge in [0.1, 0.15) is 5.82 Å². The minimum atomic E-state index is -0.734. The van der Waals surface area contributed by atoms with Gasteiger partial charge in [0.2, 0.25) is 11.8 Å². The van der Waals surface area contributed by atoms with Crippen molar-refractivity contribution in [2.24, 2.45) is 17.1 Å². The first kappa shape index (κ1) is 18.7. The Morgan fingerprint density at radius 1 is 1.11 bits per heavy atom. The van der Waals surface area contributed by atoms with E-state index in [0.29, 0.717) is 31.5 Å². The molecule has 2 aliphatic rings. The van der Waals surface area contributed by atoms with Crippen molar-refractivity contribution in [3.63, 3.8) is 0 Å². The molecule has 1 aliphatic carbocycles. The molecule has 4 nitrogen and oxygen atoms in total. The molecule has 1 saturated carbocycles. The van der Waals surface area contributed by atoms with Crippen LogP contribution in [-0.4, -0.2) is 29.8 Å². The third-order valence-electron chi connectivity index (χ3n) is 6.02. The summed E-state index contributed by atoms with van der Waals surface area (Å²) in [5, 5.41) is 0. The number of likely N-dealkylation sites (tertiary alicyclic amines) is 1. The number of nitrogens with two attached hydrogens (primary N) is 1. The number of hydrogen-bond donors (Lipinski definition) is 1. The molecule has 0 radical (unpaired) electrons. The Balaban J connectivity index is 1.54. The number of primary amides is 1. The van der Waals surface area contributed by atoms with Crippen molar-refractivity contribution in [2.45, 2.75) is 32.1 Å². The summed E-state index contributed by atoms with van der Waals surface area (Å²) in [5.74, 6) is -0.298. The van der Waals surface area contributed by atoms with Crippen molar-refractivity contribution in [1.29, 1.82) is 0 Å². The molecule has 1 heterocycles. The van der Waals surface area contributed by atoms with Gasteiger partial charge < -0.3 is 10.6 Å². The molecule has 2 N–H and O–H groups in total. The molecule has 0 spiro atoms. The number of hydrogen-bond acceptors (Lipinski definition) is 2. The summed E-state index contributed by atoms with van der Waals surface area (Å²) in [5.41, 5.74) is 7.41. The first-order valence-electron chi connectivity index (χ1n) is 9.91. The maximum absolute atomic E-state index is 14.0. The Kier molecular flexibility index (Phi) is 4.92. The lowest BCUT2D eigenvalue weighted by molar-refractivity contribution is -0.140. The standard InChI is InChI=1S/C23H25FN2O2/c24-20-5-2-1-4-19(20)17-8-6-16(7-9-17)14-23(22(25)28)12-3-13-26(15-23)21(27)18-10-11-18/h1-2,4-9,18H,3,10-15H2,(H2,25,28)/t23-/m0/s1. The first-order valence-corrected chi connectivity index (χ1v) is 9.91. The van der Waals surface area contributed by atoms with Crippen molar-refractivity contribution in [2.75, 3.05) is 13.1 Å². The minimum Gasteiger partial charge on any atom is -0.369 e. The normalized spacial score (nSPS) is 22.1. The Morgan fingerprint density at radius 3 is 2.46 bits per heavy atom. The number of amides is 2. The van der Waals surface area contributed by atoms with Crippen LogP contribution in [0.3, 0.4) is 0 Å². The predicted molar refractivity (Wildman–Crippen MR) is 106 cm³/mol. The molecule has 2 fully saturated rings. The molecule has 1 saturated heterocycles. The predicted octanol–water partition coefficient (Wildman–Crippen LogP) is 3.54. The second-order valence-electron chi connectivity index (χ2n) is 8.14. The van der Waals surface area contributed by atoms with E-state index in [1.165, 1.54) is 6.07 Å². The van der Waals surface area contributed by atoms with Gasteiger partial charge in [0, 0.05) is 24.6 Å². The molecule has 2 aromatic carbocycles. The summed E-state index contributed by atoms with van der Waals surface area (Å²) in [7, 11) is 0. The van der Waals surface area contributed by atoms with E-state index < -0.39 is 5.41 Å². The zero-order valence-corrected chi connectivity index (χ0v) is 15.9. The summed E-state index contributed by atoms with van der Waals surface area (Å²) in [4.78, 5) is 26.7. The van der Waals surface area contributed by atoms with Crippen molar-refractivity contribution in [3.05, 3.63) is 59.9 Å². The van der Waals surface area contributed by atoms with Gasteiger partial charge in [0.15, 0.2) is 0 Å². The van der Waals surface area contributed by atoms with Crippen LogP contribution in [0, 0.1) is 17.2 Å². The zero-order chi connectivity index (χ0) is 19.7. The van der Waals surface area contributed by atoms with E-state index in [1.54, 1.807) is 12.1 Å². The first-order chi connectivity index (χ1) is 13.5.